The van der Waals surface area contributed by atoms with Gasteiger partial charge in [0.1, 0.15) is 18.5 Å². The van der Waals surface area contributed by atoms with Crippen LogP contribution in [-0.2, 0) is 23.8 Å². The van der Waals surface area contributed by atoms with Crippen molar-refractivity contribution in [1.29, 1.82) is 0 Å². The molecule has 3 rings (SSSR count). The lowest BCUT2D eigenvalue weighted by Gasteiger charge is -2.29. The molecular formula is C16H20FNO5S2. The standard InChI is InChI=1S/C16H20FNO5S2/c1-25(20,21)22-10-12-9-13(16(19)23-12)11-2-3-15(14(17)8-11)18-4-6-24-7-5-18/h2-3,8,12-13H,4-7,9-10H2,1H3. The van der Waals surface area contributed by atoms with Gasteiger partial charge in [0.15, 0.2) is 0 Å². The predicted molar refractivity (Wildman–Crippen MR) is 94.0 cm³/mol. The summed E-state index contributed by atoms with van der Waals surface area (Å²) in [5.74, 6) is 0.501. The fourth-order valence-electron chi connectivity index (χ4n) is 3.03. The lowest BCUT2D eigenvalue weighted by atomic mass is 9.95. The lowest BCUT2D eigenvalue weighted by Crippen LogP contribution is -2.33. The Balaban J connectivity index is 1.69. The highest BCUT2D eigenvalue weighted by Crippen LogP contribution is 2.33. The van der Waals surface area contributed by atoms with Crippen LogP contribution in [0.5, 0.6) is 0 Å². The van der Waals surface area contributed by atoms with Crippen LogP contribution in [0.25, 0.3) is 0 Å². The van der Waals surface area contributed by atoms with Crippen molar-refractivity contribution in [2.75, 3.05) is 42.4 Å². The van der Waals surface area contributed by atoms with Crippen LogP contribution in [0.3, 0.4) is 0 Å². The van der Waals surface area contributed by atoms with Crippen molar-refractivity contribution >= 4 is 33.5 Å². The highest BCUT2D eigenvalue weighted by atomic mass is 32.2. The monoisotopic (exact) mass is 389 g/mol. The highest BCUT2D eigenvalue weighted by Gasteiger charge is 2.36. The Hall–Kier alpha value is -1.32. The number of ether oxygens (including phenoxy) is 1. The SMILES string of the molecule is CS(=O)(=O)OCC1CC(c2ccc(N3CCSCC3)c(F)c2)C(=O)O1. The number of thioether (sulfide) groups is 1. The quantitative estimate of drug-likeness (QED) is 0.561. The second-order valence-electron chi connectivity index (χ2n) is 6.15. The molecule has 0 aliphatic carbocycles. The van der Waals surface area contributed by atoms with E-state index in [1.54, 1.807) is 12.1 Å². The number of carbonyl (C=O) groups is 1. The minimum Gasteiger partial charge on any atom is -0.459 e. The molecule has 2 aliphatic heterocycles. The summed E-state index contributed by atoms with van der Waals surface area (Å²) < 4.78 is 46.4. The molecular weight excluding hydrogens is 369 g/mol. The number of cyclic esters (lactones) is 1. The minimum absolute atomic E-state index is 0.215. The summed E-state index contributed by atoms with van der Waals surface area (Å²) in [6.07, 6.45) is 0.566. The van der Waals surface area contributed by atoms with Crippen molar-refractivity contribution in [3.05, 3.63) is 29.6 Å². The summed E-state index contributed by atoms with van der Waals surface area (Å²) in [6.45, 7) is 1.39. The molecule has 2 aliphatic rings. The zero-order valence-electron chi connectivity index (χ0n) is 13.8. The van der Waals surface area contributed by atoms with Crippen LogP contribution < -0.4 is 4.90 Å². The number of carbonyl (C=O) groups excluding carboxylic acids is 1. The summed E-state index contributed by atoms with van der Waals surface area (Å²) in [5, 5.41) is 0. The van der Waals surface area contributed by atoms with Crippen LogP contribution in [0.4, 0.5) is 10.1 Å². The Kier molecular flexibility index (Phi) is 5.55. The lowest BCUT2D eigenvalue weighted by molar-refractivity contribution is -0.143. The summed E-state index contributed by atoms with van der Waals surface area (Å²) in [6, 6.07) is 4.82. The first-order valence-electron chi connectivity index (χ1n) is 8.00. The molecule has 1 aromatic carbocycles. The van der Waals surface area contributed by atoms with Gasteiger partial charge in [-0.05, 0) is 17.7 Å². The maximum Gasteiger partial charge on any atom is 0.313 e. The molecule has 0 saturated carbocycles. The number of esters is 1. The molecule has 0 spiro atoms. The van der Waals surface area contributed by atoms with Gasteiger partial charge in [0, 0.05) is 31.0 Å². The first-order chi connectivity index (χ1) is 11.8. The van der Waals surface area contributed by atoms with E-state index in [1.165, 1.54) is 6.07 Å². The predicted octanol–water partition coefficient (Wildman–Crippen LogP) is 1.75. The number of hydrogen-bond acceptors (Lipinski definition) is 7. The van der Waals surface area contributed by atoms with E-state index < -0.39 is 28.1 Å². The van der Waals surface area contributed by atoms with Gasteiger partial charge in [-0.1, -0.05) is 6.07 Å². The third-order valence-electron chi connectivity index (χ3n) is 4.26. The number of benzene rings is 1. The van der Waals surface area contributed by atoms with Gasteiger partial charge in [0.2, 0.25) is 0 Å². The van der Waals surface area contributed by atoms with Gasteiger partial charge in [-0.15, -0.1) is 0 Å². The molecule has 0 radical (unpaired) electrons. The van der Waals surface area contributed by atoms with Crippen LogP contribution in [0, 0.1) is 5.82 Å². The number of nitrogens with zero attached hydrogens (tertiary/aromatic N) is 1. The maximum atomic E-state index is 14.5. The van der Waals surface area contributed by atoms with Crippen LogP contribution in [-0.4, -0.2) is 57.9 Å². The second kappa shape index (κ2) is 7.51. The third-order valence-corrected chi connectivity index (χ3v) is 5.77. The summed E-state index contributed by atoms with van der Waals surface area (Å²) in [7, 11) is -3.59. The van der Waals surface area contributed by atoms with Crippen LogP contribution >= 0.6 is 11.8 Å². The van der Waals surface area contributed by atoms with E-state index in [-0.39, 0.29) is 18.8 Å². The van der Waals surface area contributed by atoms with Gasteiger partial charge in [0.25, 0.3) is 10.1 Å². The van der Waals surface area contributed by atoms with E-state index in [4.69, 9.17) is 4.74 Å². The average Bonchev–Trinajstić information content (AvgIpc) is 2.94. The molecule has 2 unspecified atom stereocenters. The van der Waals surface area contributed by atoms with Gasteiger partial charge >= 0.3 is 5.97 Å². The molecule has 0 amide bonds. The van der Waals surface area contributed by atoms with E-state index in [2.05, 4.69) is 4.18 Å². The molecule has 0 N–H and O–H groups in total. The Labute approximate surface area is 150 Å². The van der Waals surface area contributed by atoms with E-state index >= 15 is 0 Å². The maximum absolute atomic E-state index is 14.5. The molecule has 2 atom stereocenters. The summed E-state index contributed by atoms with van der Waals surface area (Å²) in [5.41, 5.74) is 1.09. The molecule has 25 heavy (non-hydrogen) atoms. The number of anilines is 1. The Morgan fingerprint density at radius 3 is 2.72 bits per heavy atom. The van der Waals surface area contributed by atoms with Gasteiger partial charge in [-0.3, -0.25) is 8.98 Å². The first kappa shape index (κ1) is 18.5. The molecule has 2 fully saturated rings. The number of halogens is 1. The molecule has 9 heteroatoms. The molecule has 0 aromatic heterocycles. The average molecular weight is 389 g/mol. The van der Waals surface area contributed by atoms with E-state index in [0.29, 0.717) is 11.3 Å². The largest absolute Gasteiger partial charge is 0.459 e. The van der Waals surface area contributed by atoms with Gasteiger partial charge in [-0.25, -0.2) is 4.39 Å². The van der Waals surface area contributed by atoms with Crippen molar-refractivity contribution in [2.24, 2.45) is 0 Å². The fourth-order valence-corrected chi connectivity index (χ4v) is 4.33. The van der Waals surface area contributed by atoms with Gasteiger partial charge < -0.3 is 9.64 Å². The van der Waals surface area contributed by atoms with Crippen molar-refractivity contribution in [3.63, 3.8) is 0 Å². The Morgan fingerprint density at radius 2 is 2.08 bits per heavy atom. The van der Waals surface area contributed by atoms with Crippen molar-refractivity contribution in [3.8, 4) is 0 Å². The van der Waals surface area contributed by atoms with Crippen molar-refractivity contribution in [2.45, 2.75) is 18.4 Å². The normalized spacial score (nSPS) is 24.4. The Morgan fingerprint density at radius 1 is 1.36 bits per heavy atom. The smallest absolute Gasteiger partial charge is 0.313 e. The van der Waals surface area contributed by atoms with Crippen molar-refractivity contribution in [1.82, 2.24) is 0 Å². The van der Waals surface area contributed by atoms with Crippen LogP contribution in [0.2, 0.25) is 0 Å². The van der Waals surface area contributed by atoms with E-state index in [1.807, 2.05) is 16.7 Å². The molecule has 138 valence electrons. The molecule has 0 bridgehead atoms. The number of rotatable bonds is 5. The molecule has 6 nitrogen and oxygen atoms in total. The zero-order valence-corrected chi connectivity index (χ0v) is 15.4. The van der Waals surface area contributed by atoms with Gasteiger partial charge in [0.05, 0.1) is 17.9 Å². The van der Waals surface area contributed by atoms with Crippen molar-refractivity contribution < 1.29 is 26.5 Å². The highest BCUT2D eigenvalue weighted by molar-refractivity contribution is 7.99. The Bertz CT molecular complexity index is 749. The fraction of sp³-hybridized carbons (Fsp3) is 0.562. The molecule has 2 saturated heterocycles. The van der Waals surface area contributed by atoms with E-state index in [9.17, 15) is 17.6 Å². The zero-order chi connectivity index (χ0) is 18.0. The second-order valence-corrected chi connectivity index (χ2v) is 9.01. The topological polar surface area (TPSA) is 72.9 Å². The third kappa shape index (κ3) is 4.65. The van der Waals surface area contributed by atoms with Gasteiger partial charge in [-0.2, -0.15) is 20.2 Å². The first-order valence-corrected chi connectivity index (χ1v) is 11.0. The molecule has 2 heterocycles. The molecule has 1 aromatic rings. The number of hydrogen-bond donors (Lipinski definition) is 0. The summed E-state index contributed by atoms with van der Waals surface area (Å²) in [4.78, 5) is 14.0. The minimum atomic E-state index is -3.59. The van der Waals surface area contributed by atoms with Crippen LogP contribution in [0.1, 0.15) is 17.9 Å². The van der Waals surface area contributed by atoms with Crippen LogP contribution in [0.15, 0.2) is 18.2 Å². The van der Waals surface area contributed by atoms with E-state index in [0.717, 1.165) is 30.9 Å². The summed E-state index contributed by atoms with van der Waals surface area (Å²) >= 11 is 1.85.